The number of rotatable bonds is 11. The van der Waals surface area contributed by atoms with Crippen LogP contribution in [0.1, 0.15) is 36.4 Å². The van der Waals surface area contributed by atoms with Gasteiger partial charge in [-0.15, -0.1) is 0 Å². The van der Waals surface area contributed by atoms with Gasteiger partial charge < -0.3 is 25.4 Å². The van der Waals surface area contributed by atoms with Crippen LogP contribution in [0.25, 0.3) is 0 Å². The van der Waals surface area contributed by atoms with Gasteiger partial charge in [-0.05, 0) is 87.1 Å². The van der Waals surface area contributed by atoms with E-state index in [4.69, 9.17) is 9.47 Å². The summed E-state index contributed by atoms with van der Waals surface area (Å²) in [4.78, 5) is 17.2. The van der Waals surface area contributed by atoms with Gasteiger partial charge in [-0.1, -0.05) is 0 Å². The molecule has 1 amide bonds. The lowest BCUT2D eigenvalue weighted by Gasteiger charge is -2.25. The lowest BCUT2D eigenvalue weighted by Crippen LogP contribution is -2.39. The standard InChI is InChI=1S/C24H34N4O3/c1-30-20-3-4-22(31-2)21(17-20)23(27-15-9-18-5-11-25-12-6-18)24(29)28-16-10-19-7-13-26-14-8-19/h3-4,7-8,13-14,17-18,23,25,27H,5-6,9-12,15-16H2,1-2H3,(H,28,29). The molecule has 2 aromatic rings. The molecule has 0 saturated carbocycles. The molecule has 1 aromatic carbocycles. The number of carbonyl (C=O) groups excluding carboxylic acids is 1. The zero-order valence-corrected chi connectivity index (χ0v) is 18.5. The Bertz CT molecular complexity index is 810. The minimum absolute atomic E-state index is 0.0640. The van der Waals surface area contributed by atoms with Gasteiger partial charge in [-0.2, -0.15) is 0 Å². The van der Waals surface area contributed by atoms with Crippen LogP contribution in [-0.4, -0.2) is 51.3 Å². The highest BCUT2D eigenvalue weighted by atomic mass is 16.5. The van der Waals surface area contributed by atoms with Crippen LogP contribution in [0.5, 0.6) is 11.5 Å². The largest absolute Gasteiger partial charge is 0.497 e. The van der Waals surface area contributed by atoms with Crippen LogP contribution in [-0.2, 0) is 11.2 Å². The summed E-state index contributed by atoms with van der Waals surface area (Å²) >= 11 is 0. The molecule has 2 heterocycles. The maximum Gasteiger partial charge on any atom is 0.241 e. The van der Waals surface area contributed by atoms with E-state index in [2.05, 4.69) is 20.9 Å². The van der Waals surface area contributed by atoms with Crippen molar-refractivity contribution in [3.63, 3.8) is 0 Å². The number of pyridine rings is 1. The molecule has 1 atom stereocenters. The molecule has 1 unspecified atom stereocenters. The van der Waals surface area contributed by atoms with Crippen LogP contribution in [0.4, 0.5) is 0 Å². The highest BCUT2D eigenvalue weighted by Crippen LogP contribution is 2.30. The fourth-order valence-electron chi connectivity index (χ4n) is 3.99. The number of carbonyl (C=O) groups is 1. The first-order chi connectivity index (χ1) is 15.2. The molecular formula is C24H34N4O3. The number of ether oxygens (including phenoxy) is 2. The highest BCUT2D eigenvalue weighted by Gasteiger charge is 2.25. The minimum atomic E-state index is -0.510. The number of hydrogen-bond acceptors (Lipinski definition) is 6. The normalized spacial score (nSPS) is 15.3. The van der Waals surface area contributed by atoms with Gasteiger partial charge >= 0.3 is 0 Å². The molecule has 0 bridgehead atoms. The molecule has 7 heteroatoms. The van der Waals surface area contributed by atoms with E-state index in [0.717, 1.165) is 43.6 Å². The van der Waals surface area contributed by atoms with E-state index >= 15 is 0 Å². The summed E-state index contributed by atoms with van der Waals surface area (Å²) in [6, 6.07) is 8.99. The van der Waals surface area contributed by atoms with Crippen LogP contribution in [0.15, 0.2) is 42.7 Å². The molecule has 0 spiro atoms. The summed E-state index contributed by atoms with van der Waals surface area (Å²) in [5.41, 5.74) is 1.93. The first kappa shape index (κ1) is 23.0. The Morgan fingerprint density at radius 1 is 1.13 bits per heavy atom. The van der Waals surface area contributed by atoms with Gasteiger partial charge in [0.05, 0.1) is 14.2 Å². The number of methoxy groups -OCH3 is 2. The molecule has 3 rings (SSSR count). The summed E-state index contributed by atoms with van der Waals surface area (Å²) in [5.74, 6) is 2.00. The van der Waals surface area contributed by atoms with Gasteiger partial charge in [0, 0.05) is 24.5 Å². The Labute approximate surface area is 184 Å². The summed E-state index contributed by atoms with van der Waals surface area (Å²) in [5, 5.41) is 9.96. The SMILES string of the molecule is COc1ccc(OC)c(C(NCCC2CCNCC2)C(=O)NCCc2ccncc2)c1. The van der Waals surface area contributed by atoms with Gasteiger partial charge in [-0.25, -0.2) is 0 Å². The number of amides is 1. The van der Waals surface area contributed by atoms with Crippen molar-refractivity contribution in [3.05, 3.63) is 53.9 Å². The lowest BCUT2D eigenvalue weighted by molar-refractivity contribution is -0.123. The van der Waals surface area contributed by atoms with Crippen molar-refractivity contribution in [3.8, 4) is 11.5 Å². The number of nitrogens with zero attached hydrogens (tertiary/aromatic N) is 1. The summed E-state index contributed by atoms with van der Waals surface area (Å²) in [6.07, 6.45) is 7.72. The number of benzene rings is 1. The lowest BCUT2D eigenvalue weighted by atomic mass is 9.94. The van der Waals surface area contributed by atoms with Crippen molar-refractivity contribution in [1.29, 1.82) is 0 Å². The van der Waals surface area contributed by atoms with Crippen LogP contribution in [0.3, 0.4) is 0 Å². The average Bonchev–Trinajstić information content (AvgIpc) is 2.82. The Kier molecular flexibility index (Phi) is 9.12. The monoisotopic (exact) mass is 426 g/mol. The fraction of sp³-hybridized carbons (Fsp3) is 0.500. The first-order valence-electron chi connectivity index (χ1n) is 11.0. The van der Waals surface area contributed by atoms with Gasteiger partial charge in [0.2, 0.25) is 5.91 Å². The van der Waals surface area contributed by atoms with E-state index in [1.165, 1.54) is 12.8 Å². The number of hydrogen-bond donors (Lipinski definition) is 3. The molecule has 31 heavy (non-hydrogen) atoms. The zero-order valence-electron chi connectivity index (χ0n) is 18.5. The van der Waals surface area contributed by atoms with Crippen molar-refractivity contribution in [2.75, 3.05) is 40.4 Å². The first-order valence-corrected chi connectivity index (χ1v) is 11.0. The number of piperidine rings is 1. The number of aromatic nitrogens is 1. The third kappa shape index (κ3) is 6.94. The van der Waals surface area contributed by atoms with Crippen LogP contribution in [0, 0.1) is 5.92 Å². The van der Waals surface area contributed by atoms with E-state index in [1.807, 2.05) is 30.3 Å². The van der Waals surface area contributed by atoms with Crippen LogP contribution >= 0.6 is 0 Å². The Balaban J connectivity index is 1.67. The molecule has 3 N–H and O–H groups in total. The second-order valence-corrected chi connectivity index (χ2v) is 7.87. The molecule has 1 aliphatic heterocycles. The quantitative estimate of drug-likeness (QED) is 0.512. The molecule has 1 fully saturated rings. The molecule has 168 valence electrons. The van der Waals surface area contributed by atoms with E-state index in [9.17, 15) is 4.79 Å². The van der Waals surface area contributed by atoms with E-state index in [-0.39, 0.29) is 5.91 Å². The Morgan fingerprint density at radius 3 is 2.61 bits per heavy atom. The van der Waals surface area contributed by atoms with Gasteiger partial charge in [0.25, 0.3) is 0 Å². The number of nitrogens with one attached hydrogen (secondary N) is 3. The maximum absolute atomic E-state index is 13.2. The van der Waals surface area contributed by atoms with E-state index < -0.39 is 6.04 Å². The Hall–Kier alpha value is -2.64. The van der Waals surface area contributed by atoms with Crippen LogP contribution < -0.4 is 25.4 Å². The molecule has 1 saturated heterocycles. The maximum atomic E-state index is 13.2. The Morgan fingerprint density at radius 2 is 1.90 bits per heavy atom. The third-order valence-corrected chi connectivity index (χ3v) is 5.83. The molecular weight excluding hydrogens is 392 g/mol. The van der Waals surface area contributed by atoms with Crippen molar-refractivity contribution < 1.29 is 14.3 Å². The minimum Gasteiger partial charge on any atom is -0.497 e. The molecule has 7 nitrogen and oxygen atoms in total. The van der Waals surface area contributed by atoms with Crippen molar-refractivity contribution in [1.82, 2.24) is 20.9 Å². The average molecular weight is 427 g/mol. The van der Waals surface area contributed by atoms with Gasteiger partial charge in [-0.3, -0.25) is 9.78 Å². The predicted molar refractivity (Wildman–Crippen MR) is 121 cm³/mol. The van der Waals surface area contributed by atoms with Gasteiger partial charge in [0.15, 0.2) is 0 Å². The smallest absolute Gasteiger partial charge is 0.241 e. The molecule has 0 radical (unpaired) electrons. The van der Waals surface area contributed by atoms with E-state index in [0.29, 0.717) is 24.0 Å². The van der Waals surface area contributed by atoms with Gasteiger partial charge in [0.1, 0.15) is 17.5 Å². The van der Waals surface area contributed by atoms with Crippen molar-refractivity contribution in [2.24, 2.45) is 5.92 Å². The third-order valence-electron chi connectivity index (χ3n) is 5.83. The fourth-order valence-corrected chi connectivity index (χ4v) is 3.99. The molecule has 0 aliphatic carbocycles. The second kappa shape index (κ2) is 12.3. The second-order valence-electron chi connectivity index (χ2n) is 7.87. The highest BCUT2D eigenvalue weighted by molar-refractivity contribution is 5.84. The topological polar surface area (TPSA) is 84.5 Å². The predicted octanol–water partition coefficient (Wildman–Crippen LogP) is 2.48. The summed E-state index contributed by atoms with van der Waals surface area (Å²) < 4.78 is 11.0. The molecule has 1 aromatic heterocycles. The van der Waals surface area contributed by atoms with Crippen molar-refractivity contribution >= 4 is 5.91 Å². The van der Waals surface area contributed by atoms with E-state index in [1.54, 1.807) is 26.6 Å². The van der Waals surface area contributed by atoms with Crippen LogP contribution in [0.2, 0.25) is 0 Å². The molecule has 1 aliphatic rings. The summed E-state index contributed by atoms with van der Waals surface area (Å²) in [6.45, 7) is 3.48. The summed E-state index contributed by atoms with van der Waals surface area (Å²) in [7, 11) is 3.25. The van der Waals surface area contributed by atoms with Crippen molar-refractivity contribution in [2.45, 2.75) is 31.7 Å². The zero-order chi connectivity index (χ0) is 21.9.